The summed E-state index contributed by atoms with van der Waals surface area (Å²) >= 11 is 8.59. The molecule has 2 N–H and O–H groups in total. The molecule has 0 atom stereocenters. The van der Waals surface area contributed by atoms with E-state index < -0.39 is 0 Å². The number of nitrogens with two attached hydrogens (primary N) is 1. The van der Waals surface area contributed by atoms with Gasteiger partial charge in [0.1, 0.15) is 17.2 Å². The zero-order valence-corrected chi connectivity index (χ0v) is 13.4. The van der Waals surface area contributed by atoms with Crippen LogP contribution in [0.5, 0.6) is 0 Å². The number of halogens is 2. The quantitative estimate of drug-likeness (QED) is 0.670. The monoisotopic (exact) mass is 385 g/mol. The topological polar surface area (TPSA) is 43.3 Å². The van der Waals surface area contributed by atoms with Crippen molar-refractivity contribution in [2.24, 2.45) is 0 Å². The maximum atomic E-state index is 6.22. The minimum atomic E-state index is 0.679. The van der Waals surface area contributed by atoms with Crippen molar-refractivity contribution in [1.29, 1.82) is 0 Å². The molecule has 0 saturated heterocycles. The average molecular weight is 387 g/mol. The Balaban J connectivity index is 2.33. The first kappa shape index (κ1) is 12.2. The van der Waals surface area contributed by atoms with Crippen LogP contribution in [0.3, 0.4) is 0 Å². The van der Waals surface area contributed by atoms with Crippen LogP contribution in [0.4, 0.5) is 5.82 Å². The normalized spacial score (nSPS) is 11.3. The summed E-state index contributed by atoms with van der Waals surface area (Å²) in [5.74, 6) is 0.679. The molecule has 3 aromatic heterocycles. The highest BCUT2D eigenvalue weighted by Crippen LogP contribution is 2.34. The third kappa shape index (κ3) is 1.79. The van der Waals surface area contributed by atoms with Crippen molar-refractivity contribution in [2.75, 3.05) is 5.73 Å². The zero-order valence-electron chi connectivity index (χ0n) is 9.45. The van der Waals surface area contributed by atoms with Gasteiger partial charge in [0.25, 0.3) is 0 Å². The maximum absolute atomic E-state index is 6.22. The molecule has 0 aromatic carbocycles. The van der Waals surface area contributed by atoms with Crippen LogP contribution < -0.4 is 5.73 Å². The number of hydrogen-bond acceptors (Lipinski definition) is 3. The third-order valence-electron chi connectivity index (χ3n) is 2.80. The van der Waals surface area contributed by atoms with Crippen LogP contribution in [-0.4, -0.2) is 9.38 Å². The van der Waals surface area contributed by atoms with Gasteiger partial charge in [-0.25, -0.2) is 4.98 Å². The number of anilines is 1. The lowest BCUT2D eigenvalue weighted by Crippen LogP contribution is -1.98. The van der Waals surface area contributed by atoms with Crippen molar-refractivity contribution < 1.29 is 0 Å². The molecule has 6 heteroatoms. The molecule has 0 aliphatic rings. The van der Waals surface area contributed by atoms with Crippen molar-refractivity contribution in [3.05, 3.63) is 38.2 Å². The Morgan fingerprint density at radius 2 is 2.11 bits per heavy atom. The van der Waals surface area contributed by atoms with E-state index in [-0.39, 0.29) is 0 Å². The van der Waals surface area contributed by atoms with E-state index in [0.717, 1.165) is 30.9 Å². The van der Waals surface area contributed by atoms with E-state index in [0.29, 0.717) is 5.82 Å². The highest BCUT2D eigenvalue weighted by atomic mass is 79.9. The van der Waals surface area contributed by atoms with Gasteiger partial charge in [-0.15, -0.1) is 11.3 Å². The van der Waals surface area contributed by atoms with Gasteiger partial charge >= 0.3 is 0 Å². The van der Waals surface area contributed by atoms with Crippen molar-refractivity contribution in [3.63, 3.8) is 0 Å². The third-order valence-corrected chi connectivity index (χ3v) is 5.34. The molecule has 0 bridgehead atoms. The molecule has 0 aliphatic carbocycles. The number of nitrogen functional groups attached to an aromatic ring is 1. The van der Waals surface area contributed by atoms with Gasteiger partial charge < -0.3 is 5.73 Å². The number of thiophene rings is 1. The fraction of sp³-hybridized carbons (Fsp3) is 0.0833. The van der Waals surface area contributed by atoms with E-state index in [4.69, 9.17) is 5.73 Å². The summed E-state index contributed by atoms with van der Waals surface area (Å²) in [6, 6.07) is 5.98. The predicted octanol–water partition coefficient (Wildman–Crippen LogP) is 4.48. The predicted molar refractivity (Wildman–Crippen MR) is 83.1 cm³/mol. The highest BCUT2D eigenvalue weighted by molar-refractivity contribution is 9.10. The van der Waals surface area contributed by atoms with Gasteiger partial charge in [-0.05, 0) is 57.0 Å². The van der Waals surface area contributed by atoms with Crippen molar-refractivity contribution in [2.45, 2.75) is 6.92 Å². The van der Waals surface area contributed by atoms with Gasteiger partial charge in [-0.2, -0.15) is 0 Å². The first-order valence-electron chi connectivity index (χ1n) is 5.25. The second-order valence-electron chi connectivity index (χ2n) is 3.94. The smallest absolute Gasteiger partial charge is 0.139 e. The SMILES string of the molecule is Cc1c(Br)ccc2nc(-c3cc(Br)cs3)c(N)n12. The van der Waals surface area contributed by atoms with E-state index in [1.807, 2.05) is 34.9 Å². The molecule has 3 aromatic rings. The molecule has 3 nitrogen and oxygen atoms in total. The number of fused-ring (bicyclic) bond motifs is 1. The minimum absolute atomic E-state index is 0.679. The van der Waals surface area contributed by atoms with Crippen LogP contribution in [0.15, 0.2) is 32.5 Å². The molecule has 0 unspecified atom stereocenters. The van der Waals surface area contributed by atoms with Gasteiger partial charge in [0.2, 0.25) is 0 Å². The van der Waals surface area contributed by atoms with E-state index in [1.165, 1.54) is 0 Å². The standard InChI is InChI=1S/C12H9Br2N3S/c1-6-8(14)2-3-10-16-11(12(15)17(6)10)9-4-7(13)5-18-9/h2-5H,15H2,1H3. The molecule has 0 fully saturated rings. The lowest BCUT2D eigenvalue weighted by molar-refractivity contribution is 1.09. The zero-order chi connectivity index (χ0) is 12.9. The summed E-state index contributed by atoms with van der Waals surface area (Å²) < 4.78 is 4.04. The van der Waals surface area contributed by atoms with Gasteiger partial charge in [-0.1, -0.05) is 0 Å². The van der Waals surface area contributed by atoms with Crippen molar-refractivity contribution in [3.8, 4) is 10.6 Å². The molecule has 92 valence electrons. The molecule has 0 aliphatic heterocycles. The van der Waals surface area contributed by atoms with Gasteiger partial charge in [0.05, 0.1) is 4.88 Å². The van der Waals surface area contributed by atoms with Crippen LogP contribution >= 0.6 is 43.2 Å². The lowest BCUT2D eigenvalue weighted by Gasteiger charge is -2.03. The van der Waals surface area contributed by atoms with E-state index in [2.05, 4.69) is 36.8 Å². The number of aromatic nitrogens is 2. The van der Waals surface area contributed by atoms with Crippen LogP contribution in [0.25, 0.3) is 16.2 Å². The molecular weight excluding hydrogens is 378 g/mol. The fourth-order valence-corrected chi connectivity index (χ4v) is 3.64. The summed E-state index contributed by atoms with van der Waals surface area (Å²) in [7, 11) is 0. The van der Waals surface area contributed by atoms with Crippen LogP contribution in [0.1, 0.15) is 5.69 Å². The van der Waals surface area contributed by atoms with Gasteiger partial charge in [0.15, 0.2) is 0 Å². The Bertz CT molecular complexity index is 745. The number of nitrogens with zero attached hydrogens (tertiary/aromatic N) is 2. The lowest BCUT2D eigenvalue weighted by atomic mass is 10.3. The largest absolute Gasteiger partial charge is 0.383 e. The van der Waals surface area contributed by atoms with E-state index in [9.17, 15) is 0 Å². The molecule has 0 amide bonds. The van der Waals surface area contributed by atoms with Crippen LogP contribution in [0.2, 0.25) is 0 Å². The summed E-state index contributed by atoms with van der Waals surface area (Å²) in [6.45, 7) is 2.02. The second kappa shape index (κ2) is 4.36. The van der Waals surface area contributed by atoms with Crippen molar-refractivity contribution in [1.82, 2.24) is 9.38 Å². The molecule has 0 spiro atoms. The number of imidazole rings is 1. The van der Waals surface area contributed by atoms with Crippen molar-refractivity contribution >= 4 is 54.7 Å². The number of rotatable bonds is 1. The minimum Gasteiger partial charge on any atom is -0.383 e. The highest BCUT2D eigenvalue weighted by Gasteiger charge is 2.15. The average Bonchev–Trinajstić information content (AvgIpc) is 2.89. The number of aryl methyl sites for hydroxylation is 1. The fourth-order valence-electron chi connectivity index (χ4n) is 1.91. The molecule has 3 rings (SSSR count). The number of pyridine rings is 1. The Morgan fingerprint density at radius 1 is 1.33 bits per heavy atom. The first-order chi connectivity index (χ1) is 8.58. The molecular formula is C12H9Br2N3S. The Morgan fingerprint density at radius 3 is 2.78 bits per heavy atom. The van der Waals surface area contributed by atoms with Gasteiger partial charge in [0, 0.05) is 20.0 Å². The summed E-state index contributed by atoms with van der Waals surface area (Å²) in [6.07, 6.45) is 0. The maximum Gasteiger partial charge on any atom is 0.139 e. The Hall–Kier alpha value is -0.850. The first-order valence-corrected chi connectivity index (χ1v) is 7.72. The van der Waals surface area contributed by atoms with E-state index >= 15 is 0 Å². The summed E-state index contributed by atoms with van der Waals surface area (Å²) in [5.41, 5.74) is 8.98. The summed E-state index contributed by atoms with van der Waals surface area (Å²) in [4.78, 5) is 5.67. The van der Waals surface area contributed by atoms with Crippen LogP contribution in [-0.2, 0) is 0 Å². The summed E-state index contributed by atoms with van der Waals surface area (Å²) in [5, 5.41) is 2.03. The Kier molecular flexibility index (Phi) is 2.96. The molecule has 3 heterocycles. The van der Waals surface area contributed by atoms with Gasteiger partial charge in [-0.3, -0.25) is 4.40 Å². The number of hydrogen-bond donors (Lipinski definition) is 1. The van der Waals surface area contributed by atoms with Crippen LogP contribution in [0, 0.1) is 6.92 Å². The molecule has 0 saturated carbocycles. The molecule has 0 radical (unpaired) electrons. The second-order valence-corrected chi connectivity index (χ2v) is 6.62. The molecule has 18 heavy (non-hydrogen) atoms. The van der Waals surface area contributed by atoms with E-state index in [1.54, 1.807) is 11.3 Å². The Labute approximate surface area is 125 Å².